The van der Waals surface area contributed by atoms with E-state index in [1.165, 1.54) is 59.7 Å². The highest BCUT2D eigenvalue weighted by molar-refractivity contribution is 7.99. The molecule has 1 aliphatic heterocycles. The lowest BCUT2D eigenvalue weighted by atomic mass is 9.67. The Balaban J connectivity index is 1.19. The summed E-state index contributed by atoms with van der Waals surface area (Å²) in [5, 5.41) is 2.31. The molecule has 2 aromatic heterocycles. The summed E-state index contributed by atoms with van der Waals surface area (Å²) >= 11 is 1.86. The smallest absolute Gasteiger partial charge is 0.164 e. The molecule has 5 heteroatoms. The molecule has 3 heterocycles. The summed E-state index contributed by atoms with van der Waals surface area (Å²) in [7, 11) is 0. The predicted molar refractivity (Wildman–Crippen MR) is 218 cm³/mol. The van der Waals surface area contributed by atoms with E-state index in [4.69, 9.17) is 15.0 Å². The van der Waals surface area contributed by atoms with Crippen LogP contribution in [-0.4, -0.2) is 19.9 Å². The second-order valence-corrected chi connectivity index (χ2v) is 14.9. The maximum absolute atomic E-state index is 5.12. The maximum atomic E-state index is 5.12. The molecule has 2 aliphatic rings. The maximum Gasteiger partial charge on any atom is 0.164 e. The van der Waals surface area contributed by atoms with Gasteiger partial charge in [0.25, 0.3) is 0 Å². The number of rotatable bonds is 4. The van der Waals surface area contributed by atoms with E-state index in [2.05, 4.69) is 138 Å². The highest BCUT2D eigenvalue weighted by Crippen LogP contribution is 2.62. The van der Waals surface area contributed by atoms with Gasteiger partial charge in [-0.15, -0.1) is 0 Å². The van der Waals surface area contributed by atoms with E-state index < -0.39 is 5.41 Å². The summed E-state index contributed by atoms with van der Waals surface area (Å²) in [6.07, 6.45) is 3.82. The number of hydrogen-bond donors (Lipinski definition) is 0. The van der Waals surface area contributed by atoms with E-state index >= 15 is 0 Å². The van der Waals surface area contributed by atoms with E-state index in [9.17, 15) is 0 Å². The summed E-state index contributed by atoms with van der Waals surface area (Å²) in [6, 6.07) is 60.7. The normalized spacial score (nSPS) is 13.3. The van der Waals surface area contributed by atoms with Crippen molar-refractivity contribution in [1.29, 1.82) is 0 Å². The molecule has 54 heavy (non-hydrogen) atoms. The Hall–Kier alpha value is -6.69. The predicted octanol–water partition coefficient (Wildman–Crippen LogP) is 11.9. The number of pyridine rings is 1. The first kappa shape index (κ1) is 30.9. The lowest BCUT2D eigenvalue weighted by Crippen LogP contribution is -2.31. The van der Waals surface area contributed by atoms with Gasteiger partial charge < -0.3 is 0 Å². The molecule has 4 nitrogen and oxygen atoms in total. The van der Waals surface area contributed by atoms with Gasteiger partial charge in [-0.1, -0.05) is 151 Å². The van der Waals surface area contributed by atoms with Crippen LogP contribution in [0, 0.1) is 0 Å². The summed E-state index contributed by atoms with van der Waals surface area (Å²) < 4.78 is 0. The van der Waals surface area contributed by atoms with Crippen LogP contribution in [0.15, 0.2) is 192 Å². The first-order valence-electron chi connectivity index (χ1n) is 18.1. The third-order valence-electron chi connectivity index (χ3n) is 10.9. The van der Waals surface area contributed by atoms with Crippen molar-refractivity contribution in [1.82, 2.24) is 19.9 Å². The minimum absolute atomic E-state index is 0.494. The van der Waals surface area contributed by atoms with Crippen molar-refractivity contribution in [3.8, 4) is 56.4 Å². The van der Waals surface area contributed by atoms with Gasteiger partial charge in [0, 0.05) is 44.3 Å². The van der Waals surface area contributed by atoms with Crippen LogP contribution in [0.2, 0.25) is 0 Å². The molecule has 0 N–H and O–H groups in total. The molecule has 0 radical (unpaired) electrons. The van der Waals surface area contributed by atoms with Crippen LogP contribution in [0.5, 0.6) is 0 Å². The molecular formula is C49H30N4S. The van der Waals surface area contributed by atoms with Gasteiger partial charge in [-0.3, -0.25) is 4.98 Å². The molecule has 0 atom stereocenters. The zero-order valence-electron chi connectivity index (χ0n) is 29.0. The highest BCUT2D eigenvalue weighted by Gasteiger charge is 2.50. The van der Waals surface area contributed by atoms with Gasteiger partial charge in [-0.2, -0.15) is 0 Å². The van der Waals surface area contributed by atoms with Crippen LogP contribution in [0.4, 0.5) is 0 Å². The molecule has 0 amide bonds. The monoisotopic (exact) mass is 706 g/mol. The summed E-state index contributed by atoms with van der Waals surface area (Å²) in [6.45, 7) is 0. The highest BCUT2D eigenvalue weighted by atomic mass is 32.2. The van der Waals surface area contributed by atoms with Gasteiger partial charge in [-0.05, 0) is 80.2 Å². The van der Waals surface area contributed by atoms with Crippen molar-refractivity contribution in [2.45, 2.75) is 15.2 Å². The van der Waals surface area contributed by atoms with Crippen molar-refractivity contribution in [3.63, 3.8) is 0 Å². The minimum Gasteiger partial charge on any atom is -0.264 e. The number of aromatic nitrogens is 4. The fourth-order valence-electron chi connectivity index (χ4n) is 8.53. The Morgan fingerprint density at radius 1 is 0.389 bits per heavy atom. The van der Waals surface area contributed by atoms with Gasteiger partial charge in [0.15, 0.2) is 17.5 Å². The van der Waals surface area contributed by atoms with Gasteiger partial charge in [0.1, 0.15) is 0 Å². The Bertz CT molecular complexity index is 2810. The average molecular weight is 707 g/mol. The van der Waals surface area contributed by atoms with E-state index in [0.717, 1.165) is 22.1 Å². The van der Waals surface area contributed by atoms with Crippen LogP contribution in [0.1, 0.15) is 22.3 Å². The topological polar surface area (TPSA) is 51.6 Å². The van der Waals surface area contributed by atoms with E-state index in [0.29, 0.717) is 17.5 Å². The van der Waals surface area contributed by atoms with E-state index in [1.54, 1.807) is 0 Å². The molecule has 0 fully saturated rings. The molecular weight excluding hydrogens is 677 g/mol. The van der Waals surface area contributed by atoms with Crippen LogP contribution in [-0.2, 0) is 5.41 Å². The Morgan fingerprint density at radius 2 is 0.926 bits per heavy atom. The van der Waals surface area contributed by atoms with Crippen LogP contribution < -0.4 is 0 Å². The fourth-order valence-corrected chi connectivity index (χ4v) is 9.72. The van der Waals surface area contributed by atoms with Crippen molar-refractivity contribution >= 4 is 22.5 Å². The molecule has 0 unspecified atom stereocenters. The Morgan fingerprint density at radius 3 is 1.56 bits per heavy atom. The molecule has 7 aromatic carbocycles. The standard InChI is InChI=1S/C49H30N4S/c1-3-12-31(13-4-1)46-51-47(32-14-5-2-6-15-32)53-48(52-46)34-23-25-41-39(29-34)38-28-33(36-17-11-16-35-30-50-27-26-37(35)36)22-24-40(38)49(41)42-18-7-9-20-44(42)54-45-21-10-8-19-43(45)49/h1-30H. The van der Waals surface area contributed by atoms with Gasteiger partial charge in [0.2, 0.25) is 0 Å². The molecule has 1 aliphatic carbocycles. The molecule has 0 bridgehead atoms. The van der Waals surface area contributed by atoms with E-state index in [1.807, 2.05) is 60.6 Å². The third kappa shape index (κ3) is 4.65. The van der Waals surface area contributed by atoms with Gasteiger partial charge in [-0.25, -0.2) is 15.0 Å². The number of nitrogens with zero attached hydrogens (tertiary/aromatic N) is 4. The molecule has 0 saturated carbocycles. The second kappa shape index (κ2) is 12.2. The summed E-state index contributed by atoms with van der Waals surface area (Å²) in [4.78, 5) is 22.2. The molecule has 0 saturated heterocycles. The van der Waals surface area contributed by atoms with Gasteiger partial charge in [0.05, 0.1) is 5.41 Å². The quantitative estimate of drug-likeness (QED) is 0.182. The first-order chi connectivity index (χ1) is 26.8. The number of hydrogen-bond acceptors (Lipinski definition) is 5. The number of benzene rings is 7. The van der Waals surface area contributed by atoms with Crippen LogP contribution in [0.3, 0.4) is 0 Å². The summed E-state index contributed by atoms with van der Waals surface area (Å²) in [5.41, 5.74) is 12.3. The van der Waals surface area contributed by atoms with Crippen LogP contribution in [0.25, 0.3) is 67.2 Å². The summed E-state index contributed by atoms with van der Waals surface area (Å²) in [5.74, 6) is 1.94. The minimum atomic E-state index is -0.494. The second-order valence-electron chi connectivity index (χ2n) is 13.8. The van der Waals surface area contributed by atoms with Crippen molar-refractivity contribution in [3.05, 3.63) is 205 Å². The SMILES string of the molecule is c1ccc(-c2nc(-c3ccccc3)nc(-c3ccc4c(c3)-c3cc(-c5cccc6cnccc56)ccc3C43c4ccccc4Sc4ccccc43)n2)cc1. The van der Waals surface area contributed by atoms with Crippen LogP contribution >= 0.6 is 11.8 Å². The van der Waals surface area contributed by atoms with Crippen molar-refractivity contribution in [2.75, 3.05) is 0 Å². The van der Waals surface area contributed by atoms with E-state index in [-0.39, 0.29) is 0 Å². The zero-order chi connectivity index (χ0) is 35.6. The number of fused-ring (bicyclic) bond motifs is 10. The molecule has 1 spiro atoms. The Kier molecular flexibility index (Phi) is 6.97. The lowest BCUT2D eigenvalue weighted by molar-refractivity contribution is 0.722. The first-order valence-corrected chi connectivity index (χ1v) is 18.9. The van der Waals surface area contributed by atoms with Crippen molar-refractivity contribution in [2.24, 2.45) is 0 Å². The molecule has 252 valence electrons. The molecule has 11 rings (SSSR count). The zero-order valence-corrected chi connectivity index (χ0v) is 29.8. The lowest BCUT2D eigenvalue weighted by Gasteiger charge is -2.39. The largest absolute Gasteiger partial charge is 0.264 e. The Labute approximate surface area is 317 Å². The van der Waals surface area contributed by atoms with Crippen molar-refractivity contribution < 1.29 is 0 Å². The molecule has 9 aromatic rings. The third-order valence-corrected chi connectivity index (χ3v) is 12.0. The fraction of sp³-hybridized carbons (Fsp3) is 0.0204. The van der Waals surface area contributed by atoms with Gasteiger partial charge >= 0.3 is 0 Å². The average Bonchev–Trinajstić information content (AvgIpc) is 3.53.